The summed E-state index contributed by atoms with van der Waals surface area (Å²) >= 11 is 9.24. The zero-order valence-electron chi connectivity index (χ0n) is 10.1. The van der Waals surface area contributed by atoms with Crippen molar-refractivity contribution in [2.24, 2.45) is 0 Å². The molecule has 0 atom stereocenters. The molecule has 2 aromatic carbocycles. The molecule has 0 bridgehead atoms. The maximum absolute atomic E-state index is 12.1. The summed E-state index contributed by atoms with van der Waals surface area (Å²) in [5.41, 5.74) is 1.14. The number of ether oxygens (including phenoxy) is 1. The second-order valence-electron chi connectivity index (χ2n) is 3.81. The molecule has 0 radical (unpaired) electrons. The largest absolute Gasteiger partial charge is 0.497 e. The molecule has 0 aliphatic heterocycles. The smallest absolute Gasteiger partial charge is 0.255 e. The van der Waals surface area contributed by atoms with Gasteiger partial charge in [0.2, 0.25) is 0 Å². The molecule has 0 aliphatic rings. The molecule has 0 spiro atoms. The summed E-state index contributed by atoms with van der Waals surface area (Å²) in [6.07, 6.45) is 0. The molecule has 5 heteroatoms. The molecule has 2 aromatic rings. The quantitative estimate of drug-likeness (QED) is 0.901. The highest BCUT2D eigenvalue weighted by Gasteiger charge is 2.09. The third kappa shape index (κ3) is 3.49. The maximum atomic E-state index is 12.1. The van der Waals surface area contributed by atoms with Crippen molar-refractivity contribution < 1.29 is 9.53 Å². The minimum Gasteiger partial charge on any atom is -0.497 e. The number of methoxy groups -OCH3 is 1. The van der Waals surface area contributed by atoms with Gasteiger partial charge < -0.3 is 10.1 Å². The van der Waals surface area contributed by atoms with E-state index in [1.807, 2.05) is 6.07 Å². The van der Waals surface area contributed by atoms with Crippen molar-refractivity contribution in [1.82, 2.24) is 0 Å². The van der Waals surface area contributed by atoms with Crippen molar-refractivity contribution in [3.05, 3.63) is 57.5 Å². The van der Waals surface area contributed by atoms with Crippen molar-refractivity contribution in [1.29, 1.82) is 0 Å². The predicted molar refractivity (Wildman–Crippen MR) is 80.1 cm³/mol. The van der Waals surface area contributed by atoms with E-state index < -0.39 is 0 Å². The number of halogens is 2. The lowest BCUT2D eigenvalue weighted by Crippen LogP contribution is -2.12. The Labute approximate surface area is 124 Å². The lowest BCUT2D eigenvalue weighted by Gasteiger charge is -2.09. The van der Waals surface area contributed by atoms with Crippen LogP contribution in [0, 0.1) is 0 Å². The number of benzene rings is 2. The zero-order chi connectivity index (χ0) is 13.8. The number of carbonyl (C=O) groups excluding carboxylic acids is 1. The van der Waals surface area contributed by atoms with Gasteiger partial charge in [-0.3, -0.25) is 4.79 Å². The van der Waals surface area contributed by atoms with Crippen LogP contribution in [0.3, 0.4) is 0 Å². The first kappa shape index (κ1) is 13.9. The first-order chi connectivity index (χ1) is 9.10. The van der Waals surface area contributed by atoms with E-state index in [1.54, 1.807) is 43.5 Å². The third-order valence-corrected chi connectivity index (χ3v) is 3.44. The van der Waals surface area contributed by atoms with Crippen LogP contribution in [-0.4, -0.2) is 13.0 Å². The number of carbonyl (C=O) groups is 1. The Hall–Kier alpha value is -1.52. The summed E-state index contributed by atoms with van der Waals surface area (Å²) in [5, 5.41) is 3.33. The molecule has 0 unspecified atom stereocenters. The maximum Gasteiger partial charge on any atom is 0.255 e. The minimum atomic E-state index is -0.226. The van der Waals surface area contributed by atoms with Gasteiger partial charge in [0.1, 0.15) is 5.75 Å². The van der Waals surface area contributed by atoms with Crippen LogP contribution in [0.15, 0.2) is 46.9 Å². The molecule has 0 aromatic heterocycles. The van der Waals surface area contributed by atoms with Crippen molar-refractivity contribution in [2.75, 3.05) is 12.4 Å². The van der Waals surface area contributed by atoms with Crippen molar-refractivity contribution >= 4 is 39.1 Å². The molecule has 98 valence electrons. The van der Waals surface area contributed by atoms with Crippen LogP contribution in [-0.2, 0) is 0 Å². The van der Waals surface area contributed by atoms with Crippen LogP contribution in [0.25, 0.3) is 0 Å². The van der Waals surface area contributed by atoms with E-state index in [4.69, 9.17) is 16.3 Å². The standard InChI is InChI=1S/C14H11BrClNO2/c1-19-11-5-6-12(15)13(8-11)17-14(18)9-3-2-4-10(16)7-9/h2-8H,1H3,(H,17,18). The highest BCUT2D eigenvalue weighted by Crippen LogP contribution is 2.27. The molecule has 2 rings (SSSR count). The lowest BCUT2D eigenvalue weighted by atomic mass is 10.2. The summed E-state index contributed by atoms with van der Waals surface area (Å²) in [6, 6.07) is 12.1. The van der Waals surface area contributed by atoms with Crippen LogP contribution in [0.1, 0.15) is 10.4 Å². The minimum absolute atomic E-state index is 0.226. The molecular formula is C14H11BrClNO2. The Bertz CT molecular complexity index is 616. The van der Waals surface area contributed by atoms with Gasteiger partial charge in [0.15, 0.2) is 0 Å². The Morgan fingerprint density at radius 1 is 1.26 bits per heavy atom. The lowest BCUT2D eigenvalue weighted by molar-refractivity contribution is 0.102. The van der Waals surface area contributed by atoms with Gasteiger partial charge in [-0.15, -0.1) is 0 Å². The Kier molecular flexibility index (Phi) is 4.45. The average molecular weight is 341 g/mol. The van der Waals surface area contributed by atoms with E-state index in [9.17, 15) is 4.79 Å². The summed E-state index contributed by atoms with van der Waals surface area (Å²) < 4.78 is 5.90. The highest BCUT2D eigenvalue weighted by atomic mass is 79.9. The number of anilines is 1. The fourth-order valence-corrected chi connectivity index (χ4v) is 2.09. The van der Waals surface area contributed by atoms with E-state index in [0.29, 0.717) is 22.0 Å². The van der Waals surface area contributed by atoms with Gasteiger partial charge >= 0.3 is 0 Å². The predicted octanol–water partition coefficient (Wildman–Crippen LogP) is 4.36. The van der Waals surface area contributed by atoms with Gasteiger partial charge in [-0.05, 0) is 46.3 Å². The molecular weight excluding hydrogens is 330 g/mol. The molecule has 3 nitrogen and oxygen atoms in total. The van der Waals surface area contributed by atoms with E-state index >= 15 is 0 Å². The first-order valence-electron chi connectivity index (χ1n) is 5.50. The van der Waals surface area contributed by atoms with Gasteiger partial charge in [-0.2, -0.15) is 0 Å². The monoisotopic (exact) mass is 339 g/mol. The molecule has 0 saturated carbocycles. The normalized spacial score (nSPS) is 10.1. The first-order valence-corrected chi connectivity index (χ1v) is 6.67. The molecule has 0 saturated heterocycles. The number of amides is 1. The highest BCUT2D eigenvalue weighted by molar-refractivity contribution is 9.10. The van der Waals surface area contributed by atoms with Gasteiger partial charge in [0, 0.05) is 21.1 Å². The number of nitrogens with one attached hydrogen (secondary N) is 1. The van der Waals surface area contributed by atoms with Crippen LogP contribution < -0.4 is 10.1 Å². The summed E-state index contributed by atoms with van der Waals surface area (Å²) in [6.45, 7) is 0. The van der Waals surface area contributed by atoms with Crippen LogP contribution >= 0.6 is 27.5 Å². The van der Waals surface area contributed by atoms with Gasteiger partial charge in [-0.25, -0.2) is 0 Å². The molecule has 19 heavy (non-hydrogen) atoms. The Morgan fingerprint density at radius 3 is 2.74 bits per heavy atom. The van der Waals surface area contributed by atoms with Crippen LogP contribution in [0.4, 0.5) is 5.69 Å². The fraction of sp³-hybridized carbons (Fsp3) is 0.0714. The molecule has 1 amide bonds. The number of hydrogen-bond acceptors (Lipinski definition) is 2. The van der Waals surface area contributed by atoms with Gasteiger partial charge in [0.05, 0.1) is 12.8 Å². The van der Waals surface area contributed by atoms with Crippen molar-refractivity contribution in [3.63, 3.8) is 0 Å². The van der Waals surface area contributed by atoms with E-state index in [2.05, 4.69) is 21.2 Å². The van der Waals surface area contributed by atoms with Crippen LogP contribution in [0.2, 0.25) is 5.02 Å². The van der Waals surface area contributed by atoms with E-state index in [1.165, 1.54) is 0 Å². The Morgan fingerprint density at radius 2 is 2.05 bits per heavy atom. The summed E-state index contributed by atoms with van der Waals surface area (Å²) in [4.78, 5) is 12.1. The second kappa shape index (κ2) is 6.08. The van der Waals surface area contributed by atoms with Gasteiger partial charge in [0.25, 0.3) is 5.91 Å². The molecule has 1 N–H and O–H groups in total. The topological polar surface area (TPSA) is 38.3 Å². The number of rotatable bonds is 3. The third-order valence-electron chi connectivity index (χ3n) is 2.51. The van der Waals surface area contributed by atoms with Crippen LogP contribution in [0.5, 0.6) is 5.75 Å². The SMILES string of the molecule is COc1ccc(Br)c(NC(=O)c2cccc(Cl)c2)c1. The summed E-state index contributed by atoms with van der Waals surface area (Å²) in [7, 11) is 1.58. The fourth-order valence-electron chi connectivity index (χ4n) is 1.55. The van der Waals surface area contributed by atoms with Crippen molar-refractivity contribution in [2.45, 2.75) is 0 Å². The molecule has 0 aliphatic carbocycles. The second-order valence-corrected chi connectivity index (χ2v) is 5.10. The van der Waals surface area contributed by atoms with Gasteiger partial charge in [-0.1, -0.05) is 17.7 Å². The average Bonchev–Trinajstić information content (AvgIpc) is 2.41. The number of hydrogen-bond donors (Lipinski definition) is 1. The molecule has 0 heterocycles. The van der Waals surface area contributed by atoms with Crippen molar-refractivity contribution in [3.8, 4) is 5.75 Å². The summed E-state index contributed by atoms with van der Waals surface area (Å²) in [5.74, 6) is 0.445. The van der Waals surface area contributed by atoms with E-state index in [0.717, 1.165) is 4.47 Å². The van der Waals surface area contributed by atoms with E-state index in [-0.39, 0.29) is 5.91 Å². The zero-order valence-corrected chi connectivity index (χ0v) is 12.5. The molecule has 0 fully saturated rings. The Balaban J connectivity index is 2.23.